The molecule has 0 saturated carbocycles. The Labute approximate surface area is 195 Å². The monoisotopic (exact) mass is 443 g/mol. The third-order valence-electron chi connectivity index (χ3n) is 6.61. The van der Waals surface area contributed by atoms with Crippen LogP contribution in [0.2, 0.25) is 5.02 Å². The zero-order valence-corrected chi connectivity index (χ0v) is 19.4. The van der Waals surface area contributed by atoms with Crippen LogP contribution < -0.4 is 10.6 Å². The molecule has 0 bridgehead atoms. The molecule has 2 heterocycles. The smallest absolute Gasteiger partial charge is 0.118 e. The highest BCUT2D eigenvalue weighted by Gasteiger charge is 2.14. The molecule has 3 aromatic rings. The first-order valence-electron chi connectivity index (χ1n) is 11.7. The molecule has 1 fully saturated rings. The molecular formula is C28H30ClN3. The van der Waals surface area contributed by atoms with E-state index in [2.05, 4.69) is 77.5 Å². The van der Waals surface area contributed by atoms with Gasteiger partial charge in [0.15, 0.2) is 0 Å². The molecule has 0 aliphatic carbocycles. The average Bonchev–Trinajstić information content (AvgIpc) is 3.32. The summed E-state index contributed by atoms with van der Waals surface area (Å²) in [4.78, 5) is 9.88. The van der Waals surface area contributed by atoms with Crippen LogP contribution in [0.15, 0.2) is 71.7 Å². The third kappa shape index (κ3) is 4.90. The highest BCUT2D eigenvalue weighted by Crippen LogP contribution is 2.20. The first-order chi connectivity index (χ1) is 15.6. The van der Waals surface area contributed by atoms with Gasteiger partial charge in [-0.05, 0) is 79.7 Å². The molecule has 0 spiro atoms. The van der Waals surface area contributed by atoms with E-state index in [9.17, 15) is 0 Å². The first-order valence-corrected chi connectivity index (χ1v) is 12.0. The van der Waals surface area contributed by atoms with Crippen molar-refractivity contribution >= 4 is 17.8 Å². The van der Waals surface area contributed by atoms with Crippen molar-refractivity contribution in [2.45, 2.75) is 38.9 Å². The number of likely N-dealkylation sites (tertiary alicyclic amines) is 1. The van der Waals surface area contributed by atoms with Gasteiger partial charge in [-0.1, -0.05) is 60.1 Å². The molecule has 3 aromatic carbocycles. The van der Waals surface area contributed by atoms with Crippen LogP contribution in [0.3, 0.4) is 0 Å². The van der Waals surface area contributed by atoms with E-state index in [4.69, 9.17) is 16.6 Å². The molecule has 32 heavy (non-hydrogen) atoms. The Morgan fingerprint density at radius 2 is 1.56 bits per heavy atom. The van der Waals surface area contributed by atoms with Gasteiger partial charge < -0.3 is 4.90 Å². The summed E-state index contributed by atoms with van der Waals surface area (Å²) < 4.78 is 0. The summed E-state index contributed by atoms with van der Waals surface area (Å²) in [5.74, 6) is 0. The standard InChI is InChI=1S/C28H30ClN3/c1-21-30-28-18-25(24-10-12-27(29)13-11-24)8-9-26(28)20-32(21)17-14-22-4-6-23(7-5-22)19-31-15-2-3-16-31/h4-13,18,20-21H,2-3,14-17,19H2,1H3. The summed E-state index contributed by atoms with van der Waals surface area (Å²) in [7, 11) is 0. The third-order valence-corrected chi connectivity index (χ3v) is 6.86. The molecule has 0 N–H and O–H groups in total. The highest BCUT2D eigenvalue weighted by molar-refractivity contribution is 6.30. The van der Waals surface area contributed by atoms with Gasteiger partial charge in [0.2, 0.25) is 0 Å². The van der Waals surface area contributed by atoms with Crippen LogP contribution in [0.5, 0.6) is 0 Å². The topological polar surface area (TPSA) is 18.8 Å². The molecule has 0 amide bonds. The Hall–Kier alpha value is -2.62. The van der Waals surface area contributed by atoms with Crippen molar-refractivity contribution < 1.29 is 0 Å². The molecule has 3 nitrogen and oxygen atoms in total. The van der Waals surface area contributed by atoms with Crippen LogP contribution in [0.4, 0.5) is 0 Å². The van der Waals surface area contributed by atoms with Gasteiger partial charge in [-0.15, -0.1) is 0 Å². The fraction of sp³-hybridized carbons (Fsp3) is 0.321. The van der Waals surface area contributed by atoms with E-state index in [-0.39, 0.29) is 6.17 Å². The van der Waals surface area contributed by atoms with Crippen LogP contribution in [-0.2, 0) is 13.0 Å². The summed E-state index contributed by atoms with van der Waals surface area (Å²) >= 11 is 6.03. The zero-order valence-electron chi connectivity index (χ0n) is 18.7. The fourth-order valence-corrected chi connectivity index (χ4v) is 4.79. The Morgan fingerprint density at radius 1 is 0.875 bits per heavy atom. The molecule has 1 saturated heterocycles. The Morgan fingerprint density at radius 3 is 2.31 bits per heavy atom. The maximum Gasteiger partial charge on any atom is 0.118 e. The first kappa shape index (κ1) is 21.2. The van der Waals surface area contributed by atoms with E-state index in [1.54, 1.807) is 0 Å². The lowest BCUT2D eigenvalue weighted by Crippen LogP contribution is -2.41. The second-order valence-electron chi connectivity index (χ2n) is 8.96. The lowest BCUT2D eigenvalue weighted by atomic mass is 10.0. The maximum atomic E-state index is 6.03. The van der Waals surface area contributed by atoms with Crippen LogP contribution >= 0.6 is 11.6 Å². The number of rotatable bonds is 6. The van der Waals surface area contributed by atoms with Crippen molar-refractivity contribution in [1.82, 2.24) is 9.80 Å². The lowest BCUT2D eigenvalue weighted by molar-refractivity contribution is 0.323. The fourth-order valence-electron chi connectivity index (χ4n) is 4.67. The predicted octanol–water partition coefficient (Wildman–Crippen LogP) is 4.86. The molecule has 164 valence electrons. The minimum Gasteiger partial charge on any atom is -0.355 e. The Balaban J connectivity index is 1.25. The number of hydrogen-bond acceptors (Lipinski definition) is 3. The van der Waals surface area contributed by atoms with E-state index in [0.29, 0.717) is 0 Å². The van der Waals surface area contributed by atoms with Gasteiger partial charge in [0.05, 0.1) is 5.36 Å². The van der Waals surface area contributed by atoms with Crippen molar-refractivity contribution in [3.8, 4) is 11.1 Å². The van der Waals surface area contributed by atoms with Crippen molar-refractivity contribution in [3.63, 3.8) is 0 Å². The number of fused-ring (bicyclic) bond motifs is 1. The van der Waals surface area contributed by atoms with E-state index in [1.807, 2.05) is 12.1 Å². The SMILES string of the molecule is CC1N=c2cc(-c3ccc(Cl)cc3)ccc2=CN1CCc1ccc(CN2CCCC2)cc1. The number of halogens is 1. The number of nitrogens with zero attached hydrogens (tertiary/aromatic N) is 3. The van der Waals surface area contributed by atoms with Gasteiger partial charge in [-0.3, -0.25) is 9.89 Å². The molecular weight excluding hydrogens is 414 g/mol. The number of hydrogen-bond donors (Lipinski definition) is 0. The van der Waals surface area contributed by atoms with E-state index in [1.165, 1.54) is 47.8 Å². The minimum absolute atomic E-state index is 0.136. The molecule has 2 aliphatic rings. The highest BCUT2D eigenvalue weighted by atomic mass is 35.5. The van der Waals surface area contributed by atoms with Gasteiger partial charge in [0.25, 0.3) is 0 Å². The van der Waals surface area contributed by atoms with Gasteiger partial charge in [-0.2, -0.15) is 0 Å². The lowest BCUT2D eigenvalue weighted by Gasteiger charge is -2.27. The van der Waals surface area contributed by atoms with E-state index >= 15 is 0 Å². The Bertz CT molecular complexity index is 1180. The summed E-state index contributed by atoms with van der Waals surface area (Å²) in [5, 5.41) is 3.00. The molecule has 1 atom stereocenters. The van der Waals surface area contributed by atoms with Crippen molar-refractivity contribution in [2.75, 3.05) is 19.6 Å². The van der Waals surface area contributed by atoms with Crippen molar-refractivity contribution in [3.05, 3.63) is 93.5 Å². The summed E-state index contributed by atoms with van der Waals surface area (Å²) in [5.41, 5.74) is 5.15. The molecule has 0 radical (unpaired) electrons. The molecule has 0 aromatic heterocycles. The van der Waals surface area contributed by atoms with E-state index in [0.717, 1.165) is 35.5 Å². The van der Waals surface area contributed by atoms with Gasteiger partial charge in [0.1, 0.15) is 6.17 Å². The van der Waals surface area contributed by atoms with Crippen molar-refractivity contribution in [2.24, 2.45) is 4.99 Å². The molecule has 5 rings (SSSR count). The molecule has 1 unspecified atom stereocenters. The van der Waals surface area contributed by atoms with Crippen molar-refractivity contribution in [1.29, 1.82) is 0 Å². The van der Waals surface area contributed by atoms with Gasteiger partial charge >= 0.3 is 0 Å². The van der Waals surface area contributed by atoms with Gasteiger partial charge in [0, 0.05) is 29.5 Å². The summed E-state index contributed by atoms with van der Waals surface area (Å²) in [6.07, 6.45) is 6.12. The zero-order chi connectivity index (χ0) is 21.9. The second kappa shape index (κ2) is 9.48. The minimum atomic E-state index is 0.136. The molecule has 2 aliphatic heterocycles. The molecule has 4 heteroatoms. The average molecular weight is 444 g/mol. The quantitative estimate of drug-likeness (QED) is 0.541. The van der Waals surface area contributed by atoms with Gasteiger partial charge in [-0.25, -0.2) is 0 Å². The van der Waals surface area contributed by atoms with Crippen LogP contribution in [0, 0.1) is 0 Å². The van der Waals surface area contributed by atoms with E-state index < -0.39 is 0 Å². The Kier molecular flexibility index (Phi) is 6.29. The van der Waals surface area contributed by atoms with Crippen LogP contribution in [0.25, 0.3) is 17.3 Å². The summed E-state index contributed by atoms with van der Waals surface area (Å²) in [6, 6.07) is 23.7. The van der Waals surface area contributed by atoms with Crippen LogP contribution in [0.1, 0.15) is 30.9 Å². The second-order valence-corrected chi connectivity index (χ2v) is 9.39. The maximum absolute atomic E-state index is 6.03. The number of benzene rings is 3. The largest absolute Gasteiger partial charge is 0.355 e. The predicted molar refractivity (Wildman–Crippen MR) is 133 cm³/mol. The normalized spacial score (nSPS) is 18.2. The van der Waals surface area contributed by atoms with Crippen LogP contribution in [-0.4, -0.2) is 35.6 Å². The summed E-state index contributed by atoms with van der Waals surface area (Å²) in [6.45, 7) is 6.72.